The monoisotopic (exact) mass is 288 g/mol. The predicted molar refractivity (Wildman–Crippen MR) is 85.4 cm³/mol. The molecule has 2 aromatic rings. The second-order valence-electron chi connectivity index (χ2n) is 4.48. The second-order valence-corrected chi connectivity index (χ2v) is 4.89. The predicted octanol–water partition coefficient (Wildman–Crippen LogP) is 3.74. The Hall–Kier alpha value is -1.94. The molecular formula is C16H17FN2S. The molecule has 0 heterocycles. The Kier molecular flexibility index (Phi) is 5.50. The minimum absolute atomic E-state index is 0.253. The summed E-state index contributed by atoms with van der Waals surface area (Å²) in [5.74, 6) is -0.253. The van der Waals surface area contributed by atoms with Crippen molar-refractivity contribution >= 4 is 23.0 Å². The Morgan fingerprint density at radius 1 is 1.00 bits per heavy atom. The molecule has 0 aliphatic carbocycles. The van der Waals surface area contributed by atoms with Crippen molar-refractivity contribution in [3.8, 4) is 0 Å². The van der Waals surface area contributed by atoms with E-state index < -0.39 is 0 Å². The van der Waals surface area contributed by atoms with Gasteiger partial charge in [-0.2, -0.15) is 0 Å². The summed E-state index contributed by atoms with van der Waals surface area (Å²) in [5, 5.41) is 6.72. The van der Waals surface area contributed by atoms with Gasteiger partial charge in [0.1, 0.15) is 5.82 Å². The fraction of sp³-hybridized carbons (Fsp3) is 0.188. The molecule has 2 rings (SSSR count). The van der Waals surface area contributed by atoms with Crippen LogP contribution in [0.25, 0.3) is 0 Å². The van der Waals surface area contributed by atoms with Crippen LogP contribution < -0.4 is 10.6 Å². The molecule has 0 amide bonds. The van der Waals surface area contributed by atoms with E-state index in [9.17, 15) is 4.39 Å². The summed E-state index contributed by atoms with van der Waals surface area (Å²) in [6.07, 6.45) is 2.03. The fourth-order valence-electron chi connectivity index (χ4n) is 1.85. The molecule has 0 aliphatic heterocycles. The molecule has 0 aliphatic rings. The third-order valence-electron chi connectivity index (χ3n) is 2.87. The number of hydrogen-bond donors (Lipinski definition) is 2. The van der Waals surface area contributed by atoms with Crippen LogP contribution in [0.4, 0.5) is 10.1 Å². The standard InChI is InChI=1S/C16H17FN2S/c17-14-8-10-15(11-9-14)19-16(20)18-12-4-7-13-5-2-1-3-6-13/h1-3,5-6,8-11H,4,7,12H2,(H2,18,19,20). The molecule has 4 heteroatoms. The highest BCUT2D eigenvalue weighted by atomic mass is 32.1. The molecule has 0 saturated carbocycles. The van der Waals surface area contributed by atoms with Gasteiger partial charge in [-0.25, -0.2) is 4.39 Å². The SMILES string of the molecule is Fc1ccc(NC(=S)NCCCc2ccccc2)cc1. The summed E-state index contributed by atoms with van der Waals surface area (Å²) in [6, 6.07) is 16.5. The van der Waals surface area contributed by atoms with Gasteiger partial charge < -0.3 is 10.6 Å². The van der Waals surface area contributed by atoms with Crippen molar-refractivity contribution < 1.29 is 4.39 Å². The highest BCUT2D eigenvalue weighted by Gasteiger charge is 1.98. The number of hydrogen-bond acceptors (Lipinski definition) is 1. The lowest BCUT2D eigenvalue weighted by molar-refractivity contribution is 0.628. The van der Waals surface area contributed by atoms with E-state index in [1.165, 1.54) is 17.7 Å². The molecule has 0 fully saturated rings. The maximum atomic E-state index is 12.8. The number of nitrogens with one attached hydrogen (secondary N) is 2. The van der Waals surface area contributed by atoms with Crippen molar-refractivity contribution in [1.29, 1.82) is 0 Å². The number of aryl methyl sites for hydroxylation is 1. The van der Waals surface area contributed by atoms with Crippen LogP contribution in [0.3, 0.4) is 0 Å². The summed E-state index contributed by atoms with van der Waals surface area (Å²) >= 11 is 5.18. The molecule has 0 radical (unpaired) electrons. The van der Waals surface area contributed by atoms with Gasteiger partial charge in [0.25, 0.3) is 0 Å². The summed E-state index contributed by atoms with van der Waals surface area (Å²) < 4.78 is 12.8. The van der Waals surface area contributed by atoms with Gasteiger partial charge in [0, 0.05) is 12.2 Å². The van der Waals surface area contributed by atoms with Crippen molar-refractivity contribution in [2.75, 3.05) is 11.9 Å². The van der Waals surface area contributed by atoms with Crippen LogP contribution in [-0.4, -0.2) is 11.7 Å². The van der Waals surface area contributed by atoms with Gasteiger partial charge in [-0.15, -0.1) is 0 Å². The van der Waals surface area contributed by atoms with Gasteiger partial charge in [0.05, 0.1) is 0 Å². The molecule has 0 spiro atoms. The topological polar surface area (TPSA) is 24.1 Å². The normalized spacial score (nSPS) is 10.1. The largest absolute Gasteiger partial charge is 0.362 e. The second kappa shape index (κ2) is 7.60. The Balaban J connectivity index is 1.66. The number of benzene rings is 2. The van der Waals surface area contributed by atoms with Crippen LogP contribution in [-0.2, 0) is 6.42 Å². The van der Waals surface area contributed by atoms with Gasteiger partial charge in [-0.1, -0.05) is 30.3 Å². The van der Waals surface area contributed by atoms with E-state index >= 15 is 0 Å². The fourth-order valence-corrected chi connectivity index (χ4v) is 2.07. The number of anilines is 1. The average Bonchev–Trinajstić information content (AvgIpc) is 2.47. The first-order valence-corrected chi connectivity index (χ1v) is 6.99. The van der Waals surface area contributed by atoms with E-state index in [-0.39, 0.29) is 5.82 Å². The maximum Gasteiger partial charge on any atom is 0.170 e. The van der Waals surface area contributed by atoms with E-state index in [4.69, 9.17) is 12.2 Å². The van der Waals surface area contributed by atoms with E-state index in [2.05, 4.69) is 22.8 Å². The molecule has 0 aromatic heterocycles. The van der Waals surface area contributed by atoms with Gasteiger partial charge in [-0.3, -0.25) is 0 Å². The summed E-state index contributed by atoms with van der Waals surface area (Å²) in [5.41, 5.74) is 2.11. The first-order valence-electron chi connectivity index (χ1n) is 6.58. The highest BCUT2D eigenvalue weighted by molar-refractivity contribution is 7.80. The third kappa shape index (κ3) is 4.97. The van der Waals surface area contributed by atoms with Crippen LogP contribution in [0.15, 0.2) is 54.6 Å². The number of thiocarbonyl (C=S) groups is 1. The zero-order valence-corrected chi connectivity index (χ0v) is 11.9. The summed E-state index contributed by atoms with van der Waals surface area (Å²) in [6.45, 7) is 0.807. The highest BCUT2D eigenvalue weighted by Crippen LogP contribution is 2.07. The Morgan fingerprint density at radius 3 is 2.40 bits per heavy atom. The van der Waals surface area contributed by atoms with Gasteiger partial charge in [0.15, 0.2) is 5.11 Å². The molecule has 0 unspecified atom stereocenters. The van der Waals surface area contributed by atoms with Gasteiger partial charge in [0.2, 0.25) is 0 Å². The van der Waals surface area contributed by atoms with Crippen molar-refractivity contribution in [2.45, 2.75) is 12.8 Å². The van der Waals surface area contributed by atoms with E-state index in [0.29, 0.717) is 5.11 Å². The average molecular weight is 288 g/mol. The van der Waals surface area contributed by atoms with Crippen LogP contribution in [0.1, 0.15) is 12.0 Å². The number of halogens is 1. The Bertz CT molecular complexity index is 540. The molecule has 0 bridgehead atoms. The van der Waals surface area contributed by atoms with E-state index in [1.807, 2.05) is 18.2 Å². The molecule has 2 N–H and O–H groups in total. The van der Waals surface area contributed by atoms with Crippen molar-refractivity contribution in [3.05, 3.63) is 66.0 Å². The maximum absolute atomic E-state index is 12.8. The van der Waals surface area contributed by atoms with E-state index in [0.717, 1.165) is 25.1 Å². The van der Waals surface area contributed by atoms with Crippen LogP contribution in [0.2, 0.25) is 0 Å². The number of rotatable bonds is 5. The van der Waals surface area contributed by atoms with Crippen molar-refractivity contribution in [1.82, 2.24) is 5.32 Å². The first-order chi connectivity index (χ1) is 9.74. The third-order valence-corrected chi connectivity index (χ3v) is 3.12. The van der Waals surface area contributed by atoms with Crippen LogP contribution >= 0.6 is 12.2 Å². The van der Waals surface area contributed by atoms with E-state index in [1.54, 1.807) is 12.1 Å². The Labute approximate surface area is 124 Å². The molecule has 2 nitrogen and oxygen atoms in total. The first kappa shape index (κ1) is 14.5. The van der Waals surface area contributed by atoms with Crippen molar-refractivity contribution in [3.63, 3.8) is 0 Å². The molecule has 0 saturated heterocycles. The Morgan fingerprint density at radius 2 is 1.70 bits per heavy atom. The van der Waals surface area contributed by atoms with Crippen LogP contribution in [0, 0.1) is 5.82 Å². The zero-order chi connectivity index (χ0) is 14.2. The molecular weight excluding hydrogens is 271 g/mol. The lowest BCUT2D eigenvalue weighted by Crippen LogP contribution is -2.29. The quantitative estimate of drug-likeness (QED) is 0.647. The molecule has 0 atom stereocenters. The lowest BCUT2D eigenvalue weighted by Gasteiger charge is -2.10. The van der Waals surface area contributed by atoms with Crippen molar-refractivity contribution in [2.24, 2.45) is 0 Å². The minimum Gasteiger partial charge on any atom is -0.362 e. The lowest BCUT2D eigenvalue weighted by atomic mass is 10.1. The smallest absolute Gasteiger partial charge is 0.170 e. The molecule has 2 aromatic carbocycles. The summed E-state index contributed by atoms with van der Waals surface area (Å²) in [7, 11) is 0. The molecule has 104 valence electrons. The minimum atomic E-state index is -0.253. The van der Waals surface area contributed by atoms with Gasteiger partial charge >= 0.3 is 0 Å². The summed E-state index contributed by atoms with van der Waals surface area (Å²) in [4.78, 5) is 0. The molecule has 20 heavy (non-hydrogen) atoms. The van der Waals surface area contributed by atoms with Gasteiger partial charge in [-0.05, 0) is 54.9 Å². The van der Waals surface area contributed by atoms with Crippen LogP contribution in [0.5, 0.6) is 0 Å². The zero-order valence-electron chi connectivity index (χ0n) is 11.1.